The van der Waals surface area contributed by atoms with Gasteiger partial charge in [-0.1, -0.05) is 17.7 Å². The van der Waals surface area contributed by atoms with Gasteiger partial charge in [-0.05, 0) is 49.7 Å². The topological polar surface area (TPSA) is 12.5 Å². The largest absolute Gasteiger partial charge is 0.457 e. The Morgan fingerprint density at radius 2 is 2.10 bits per heavy atom. The molecular weight excluding hydrogens is 297 g/mol. The zero-order valence-electron chi connectivity index (χ0n) is 11.1. The first kappa shape index (κ1) is 13.7. The lowest BCUT2D eigenvalue weighted by Gasteiger charge is -2.11. The van der Waals surface area contributed by atoms with Gasteiger partial charge >= 0.3 is 0 Å². The average molecular weight is 310 g/mol. The second-order valence-corrected chi connectivity index (χ2v) is 6.35. The van der Waals surface area contributed by atoms with E-state index >= 15 is 0 Å². The fourth-order valence-corrected chi connectivity index (χ4v) is 3.36. The van der Waals surface area contributed by atoms with Crippen molar-refractivity contribution < 1.29 is 9.13 Å². The van der Waals surface area contributed by atoms with Crippen LogP contribution in [-0.4, -0.2) is 11.4 Å². The van der Waals surface area contributed by atoms with Crippen molar-refractivity contribution in [2.75, 3.05) is 7.05 Å². The average Bonchev–Trinajstić information content (AvgIpc) is 2.79. The van der Waals surface area contributed by atoms with E-state index in [-0.39, 0.29) is 5.02 Å². The van der Waals surface area contributed by atoms with E-state index < -0.39 is 5.82 Å². The molecule has 0 saturated heterocycles. The first-order chi connectivity index (χ1) is 9.54. The molecule has 2 nitrogen and oxygen atoms in total. The Kier molecular flexibility index (Phi) is 3.63. The van der Waals surface area contributed by atoms with Crippen LogP contribution in [0.4, 0.5) is 4.39 Å². The number of nitrogens with zero attached hydrogens (tertiary/aromatic N) is 1. The molecule has 0 amide bonds. The maximum absolute atomic E-state index is 13.1. The Labute approximate surface area is 126 Å². The monoisotopic (exact) mass is 309 g/mol. The van der Waals surface area contributed by atoms with E-state index in [0.29, 0.717) is 5.75 Å². The summed E-state index contributed by atoms with van der Waals surface area (Å²) >= 11 is 7.48. The van der Waals surface area contributed by atoms with E-state index in [0.717, 1.165) is 17.9 Å². The van der Waals surface area contributed by atoms with E-state index in [1.54, 1.807) is 18.0 Å². The standard InChI is InChI=1S/C15H13ClFNOS/c1-9-14(6-3-10-8-18(2)20-15(9)10)19-11-4-5-13(17)12(16)7-11/h3-7H,8H2,1-2H3. The number of halogens is 2. The van der Waals surface area contributed by atoms with Crippen LogP contribution in [0.5, 0.6) is 11.5 Å². The molecule has 104 valence electrons. The summed E-state index contributed by atoms with van der Waals surface area (Å²) in [4.78, 5) is 1.23. The summed E-state index contributed by atoms with van der Waals surface area (Å²) < 4.78 is 21.1. The molecule has 0 atom stereocenters. The van der Waals surface area contributed by atoms with Crippen molar-refractivity contribution in [1.82, 2.24) is 4.31 Å². The predicted molar refractivity (Wildman–Crippen MR) is 80.0 cm³/mol. The quantitative estimate of drug-likeness (QED) is 0.722. The fourth-order valence-electron chi connectivity index (χ4n) is 2.19. The molecular formula is C15H13ClFNOS. The number of ether oxygens (including phenoxy) is 1. The Bertz CT molecular complexity index is 677. The summed E-state index contributed by atoms with van der Waals surface area (Å²) in [6.07, 6.45) is 0. The molecule has 20 heavy (non-hydrogen) atoms. The summed E-state index contributed by atoms with van der Waals surface area (Å²) in [7, 11) is 2.06. The van der Waals surface area contributed by atoms with E-state index in [4.69, 9.17) is 16.3 Å². The van der Waals surface area contributed by atoms with Crippen LogP contribution in [0.25, 0.3) is 0 Å². The Hall–Kier alpha value is -1.23. The third-order valence-electron chi connectivity index (χ3n) is 3.20. The molecule has 0 aliphatic carbocycles. The summed E-state index contributed by atoms with van der Waals surface area (Å²) in [5.41, 5.74) is 2.40. The highest BCUT2D eigenvalue weighted by molar-refractivity contribution is 7.97. The zero-order valence-corrected chi connectivity index (χ0v) is 12.7. The van der Waals surface area contributed by atoms with Crippen LogP contribution in [0.3, 0.4) is 0 Å². The van der Waals surface area contributed by atoms with Crippen LogP contribution >= 0.6 is 23.5 Å². The van der Waals surface area contributed by atoms with Crippen molar-refractivity contribution in [2.45, 2.75) is 18.4 Å². The molecule has 0 aromatic heterocycles. The van der Waals surface area contributed by atoms with Crippen LogP contribution in [0.15, 0.2) is 35.2 Å². The molecule has 0 saturated carbocycles. The lowest BCUT2D eigenvalue weighted by Crippen LogP contribution is -1.99. The van der Waals surface area contributed by atoms with Crippen molar-refractivity contribution >= 4 is 23.5 Å². The third kappa shape index (κ3) is 2.51. The van der Waals surface area contributed by atoms with E-state index in [9.17, 15) is 4.39 Å². The van der Waals surface area contributed by atoms with Crippen molar-refractivity contribution in [3.63, 3.8) is 0 Å². The van der Waals surface area contributed by atoms with Gasteiger partial charge in [-0.2, -0.15) is 0 Å². The molecule has 3 rings (SSSR count). The molecule has 2 aromatic rings. The highest BCUT2D eigenvalue weighted by Gasteiger charge is 2.21. The smallest absolute Gasteiger partial charge is 0.142 e. The Morgan fingerprint density at radius 3 is 2.85 bits per heavy atom. The molecule has 0 unspecified atom stereocenters. The maximum Gasteiger partial charge on any atom is 0.142 e. The predicted octanol–water partition coefficient (Wildman–Crippen LogP) is 5.03. The van der Waals surface area contributed by atoms with E-state index in [2.05, 4.69) is 17.4 Å². The van der Waals surface area contributed by atoms with Gasteiger partial charge in [-0.25, -0.2) is 8.70 Å². The number of benzene rings is 2. The number of rotatable bonds is 2. The Morgan fingerprint density at radius 1 is 1.30 bits per heavy atom. The van der Waals surface area contributed by atoms with Gasteiger partial charge in [0, 0.05) is 23.1 Å². The lowest BCUT2D eigenvalue weighted by molar-refractivity contribution is 0.474. The summed E-state index contributed by atoms with van der Waals surface area (Å²) in [6.45, 7) is 2.97. The van der Waals surface area contributed by atoms with E-state index in [1.165, 1.54) is 22.6 Å². The normalized spacial score (nSPS) is 14.4. The summed E-state index contributed by atoms with van der Waals surface area (Å²) in [6, 6.07) is 8.39. The first-order valence-corrected chi connectivity index (χ1v) is 7.34. The van der Waals surface area contributed by atoms with Crippen LogP contribution in [-0.2, 0) is 6.54 Å². The molecule has 2 aromatic carbocycles. The molecule has 5 heteroatoms. The second kappa shape index (κ2) is 5.28. The van der Waals surface area contributed by atoms with Crippen LogP contribution in [0.1, 0.15) is 11.1 Å². The maximum atomic E-state index is 13.1. The van der Waals surface area contributed by atoms with Crippen LogP contribution in [0, 0.1) is 12.7 Å². The number of hydrogen-bond donors (Lipinski definition) is 0. The van der Waals surface area contributed by atoms with Crippen molar-refractivity contribution in [3.8, 4) is 11.5 Å². The molecule has 0 spiro atoms. The highest BCUT2D eigenvalue weighted by Crippen LogP contribution is 2.41. The van der Waals surface area contributed by atoms with Gasteiger partial charge in [0.05, 0.1) is 5.02 Å². The van der Waals surface area contributed by atoms with Gasteiger partial charge in [0.1, 0.15) is 17.3 Å². The minimum Gasteiger partial charge on any atom is -0.457 e. The fraction of sp³-hybridized carbons (Fsp3) is 0.200. The summed E-state index contributed by atoms with van der Waals surface area (Å²) in [5.74, 6) is 0.867. The third-order valence-corrected chi connectivity index (χ3v) is 4.68. The van der Waals surface area contributed by atoms with Crippen molar-refractivity contribution in [3.05, 3.63) is 52.3 Å². The van der Waals surface area contributed by atoms with Gasteiger partial charge < -0.3 is 4.74 Å². The molecule has 0 bridgehead atoms. The zero-order chi connectivity index (χ0) is 14.3. The number of hydrogen-bond acceptors (Lipinski definition) is 3. The van der Waals surface area contributed by atoms with Gasteiger partial charge in [-0.15, -0.1) is 0 Å². The van der Waals surface area contributed by atoms with Gasteiger partial charge in [-0.3, -0.25) is 0 Å². The van der Waals surface area contributed by atoms with Crippen molar-refractivity contribution in [1.29, 1.82) is 0 Å². The van der Waals surface area contributed by atoms with Crippen LogP contribution in [0.2, 0.25) is 5.02 Å². The second-order valence-electron chi connectivity index (χ2n) is 4.73. The van der Waals surface area contributed by atoms with Gasteiger partial charge in [0.25, 0.3) is 0 Å². The molecule has 1 aliphatic heterocycles. The number of fused-ring (bicyclic) bond motifs is 1. The van der Waals surface area contributed by atoms with E-state index in [1.807, 2.05) is 13.0 Å². The minimum atomic E-state index is -0.443. The summed E-state index contributed by atoms with van der Waals surface area (Å²) in [5, 5.41) is 0.0652. The molecule has 0 radical (unpaired) electrons. The molecule has 1 heterocycles. The minimum absolute atomic E-state index is 0.0652. The Balaban J connectivity index is 1.92. The first-order valence-electron chi connectivity index (χ1n) is 6.19. The van der Waals surface area contributed by atoms with Crippen LogP contribution < -0.4 is 4.74 Å². The molecule has 1 aliphatic rings. The van der Waals surface area contributed by atoms with Crippen molar-refractivity contribution in [2.24, 2.45) is 0 Å². The van der Waals surface area contributed by atoms with Gasteiger partial charge in [0.2, 0.25) is 0 Å². The van der Waals surface area contributed by atoms with Gasteiger partial charge in [0.15, 0.2) is 0 Å². The SMILES string of the molecule is Cc1c(Oc2ccc(F)c(Cl)c2)ccc2c1SN(C)C2. The highest BCUT2D eigenvalue weighted by atomic mass is 35.5. The molecule has 0 fully saturated rings. The molecule has 0 N–H and O–H groups in total. The lowest BCUT2D eigenvalue weighted by atomic mass is 10.1.